The van der Waals surface area contributed by atoms with Crippen LogP contribution in [0.1, 0.15) is 12.0 Å². The Balaban J connectivity index is 3.16. The Hall–Kier alpha value is -1.07. The van der Waals surface area contributed by atoms with Crippen molar-refractivity contribution in [2.75, 3.05) is 21.0 Å². The van der Waals surface area contributed by atoms with E-state index in [9.17, 15) is 8.78 Å². The van der Waals surface area contributed by atoms with Crippen molar-refractivity contribution >= 4 is 11.6 Å². The molecule has 0 saturated carbocycles. The molecule has 0 N–H and O–H groups in total. The van der Waals surface area contributed by atoms with Gasteiger partial charge in [0.1, 0.15) is 0 Å². The van der Waals surface area contributed by atoms with Crippen LogP contribution in [0.4, 0.5) is 8.78 Å². The molecule has 0 amide bonds. The van der Waals surface area contributed by atoms with E-state index >= 15 is 0 Å². The lowest BCUT2D eigenvalue weighted by Crippen LogP contribution is -2.04. The van der Waals surface area contributed by atoms with Gasteiger partial charge in [0.2, 0.25) is 0 Å². The van der Waals surface area contributed by atoms with Gasteiger partial charge in [-0.05, 0) is 6.07 Å². The van der Waals surface area contributed by atoms with Crippen LogP contribution in [0.5, 0.6) is 11.5 Å². The maximum atomic E-state index is 12.7. The number of rotatable bonds is 5. The van der Waals surface area contributed by atoms with E-state index in [0.717, 1.165) is 6.07 Å². The van der Waals surface area contributed by atoms with E-state index in [1.165, 1.54) is 20.3 Å². The summed E-state index contributed by atoms with van der Waals surface area (Å²) in [5, 5.41) is 0.164. The Morgan fingerprint density at radius 2 is 2.00 bits per heavy atom. The van der Waals surface area contributed by atoms with Gasteiger partial charge in [-0.25, -0.2) is 8.78 Å². The molecule has 0 fully saturated rings. The van der Waals surface area contributed by atoms with Gasteiger partial charge in [0, 0.05) is 18.2 Å². The Morgan fingerprint density at radius 1 is 1.31 bits per heavy atom. The van der Waals surface area contributed by atoms with Gasteiger partial charge in [-0.15, -0.1) is 0 Å². The average Bonchev–Trinajstić information content (AvgIpc) is 2.26. The highest BCUT2D eigenvalue weighted by atomic mass is 35.5. The third kappa shape index (κ3) is 2.96. The SMILES string of the molecule is COCOc1c(OC)cc(Cl)cc1C(F)F. The molecule has 0 aliphatic heterocycles. The quantitative estimate of drug-likeness (QED) is 0.753. The van der Waals surface area contributed by atoms with Gasteiger partial charge in [0.05, 0.1) is 12.7 Å². The number of alkyl halides is 2. The minimum atomic E-state index is -2.69. The van der Waals surface area contributed by atoms with Crippen LogP contribution in [-0.2, 0) is 4.74 Å². The molecule has 0 saturated heterocycles. The third-order valence-corrected chi connectivity index (χ3v) is 2.04. The fourth-order valence-corrected chi connectivity index (χ4v) is 1.39. The molecule has 0 bridgehead atoms. The van der Waals surface area contributed by atoms with Crippen molar-refractivity contribution in [2.45, 2.75) is 6.43 Å². The first kappa shape index (κ1) is 13.0. The second-order valence-corrected chi connectivity index (χ2v) is 3.31. The van der Waals surface area contributed by atoms with Gasteiger partial charge in [-0.3, -0.25) is 0 Å². The lowest BCUT2D eigenvalue weighted by Gasteiger charge is -2.14. The minimum absolute atomic E-state index is 0.0521. The predicted octanol–water partition coefficient (Wildman–Crippen LogP) is 3.27. The van der Waals surface area contributed by atoms with Gasteiger partial charge in [0.25, 0.3) is 6.43 Å². The number of hydrogen-bond donors (Lipinski definition) is 0. The smallest absolute Gasteiger partial charge is 0.267 e. The van der Waals surface area contributed by atoms with E-state index in [-0.39, 0.29) is 28.9 Å². The third-order valence-electron chi connectivity index (χ3n) is 1.82. The molecule has 0 aliphatic rings. The first-order valence-electron chi connectivity index (χ1n) is 4.37. The van der Waals surface area contributed by atoms with E-state index in [1.807, 2.05) is 0 Å². The summed E-state index contributed by atoms with van der Waals surface area (Å²) in [5.41, 5.74) is -0.318. The highest BCUT2D eigenvalue weighted by Gasteiger charge is 2.19. The fourth-order valence-electron chi connectivity index (χ4n) is 1.17. The van der Waals surface area contributed by atoms with Crippen LogP contribution in [0.3, 0.4) is 0 Å². The summed E-state index contributed by atoms with van der Waals surface area (Å²) in [6, 6.07) is 2.54. The summed E-state index contributed by atoms with van der Waals surface area (Å²) in [5.74, 6) is 0.101. The zero-order valence-electron chi connectivity index (χ0n) is 8.80. The summed E-state index contributed by atoms with van der Waals surface area (Å²) in [6.07, 6.45) is -2.69. The molecule has 1 rings (SSSR count). The highest BCUT2D eigenvalue weighted by molar-refractivity contribution is 6.30. The van der Waals surface area contributed by atoms with E-state index in [2.05, 4.69) is 4.74 Å². The van der Waals surface area contributed by atoms with Crippen LogP contribution in [-0.4, -0.2) is 21.0 Å². The average molecular weight is 253 g/mol. The summed E-state index contributed by atoms with van der Waals surface area (Å²) in [6.45, 7) is -0.141. The lowest BCUT2D eigenvalue weighted by atomic mass is 10.2. The van der Waals surface area contributed by atoms with Gasteiger partial charge >= 0.3 is 0 Å². The summed E-state index contributed by atoms with van der Waals surface area (Å²) < 4.78 is 40.0. The summed E-state index contributed by atoms with van der Waals surface area (Å²) >= 11 is 5.68. The van der Waals surface area contributed by atoms with Crippen LogP contribution in [0.2, 0.25) is 5.02 Å². The standard InChI is InChI=1S/C10H11ClF2O3/c1-14-5-16-9-7(10(12)13)3-6(11)4-8(9)15-2/h3-4,10H,5H2,1-2H3. The number of halogens is 3. The molecular formula is C10H11ClF2O3. The molecule has 6 heteroatoms. The van der Waals surface area contributed by atoms with E-state index in [4.69, 9.17) is 21.1 Å². The largest absolute Gasteiger partial charge is 0.493 e. The maximum absolute atomic E-state index is 12.7. The molecule has 0 atom stereocenters. The first-order chi connectivity index (χ1) is 7.60. The molecule has 1 aromatic carbocycles. The minimum Gasteiger partial charge on any atom is -0.493 e. The fraction of sp³-hybridized carbons (Fsp3) is 0.400. The normalized spacial score (nSPS) is 10.6. The first-order valence-corrected chi connectivity index (χ1v) is 4.75. The van der Waals surface area contributed by atoms with Crippen LogP contribution in [0.15, 0.2) is 12.1 Å². The predicted molar refractivity (Wildman–Crippen MR) is 55.5 cm³/mol. The zero-order valence-corrected chi connectivity index (χ0v) is 9.55. The van der Waals surface area contributed by atoms with Crippen molar-refractivity contribution in [3.05, 3.63) is 22.7 Å². The van der Waals surface area contributed by atoms with Crippen molar-refractivity contribution in [3.8, 4) is 11.5 Å². The molecule has 0 radical (unpaired) electrons. The number of methoxy groups -OCH3 is 2. The van der Waals surface area contributed by atoms with Gasteiger partial charge in [-0.2, -0.15) is 0 Å². The molecule has 0 spiro atoms. The Labute approximate surface area is 96.9 Å². The van der Waals surface area contributed by atoms with E-state index in [0.29, 0.717) is 0 Å². The molecule has 0 unspecified atom stereocenters. The molecular weight excluding hydrogens is 242 g/mol. The second kappa shape index (κ2) is 5.86. The molecule has 3 nitrogen and oxygen atoms in total. The van der Waals surface area contributed by atoms with Crippen LogP contribution in [0.25, 0.3) is 0 Å². The second-order valence-electron chi connectivity index (χ2n) is 2.88. The molecule has 1 aromatic rings. The Bertz CT molecular complexity index is 358. The lowest BCUT2D eigenvalue weighted by molar-refractivity contribution is 0.0446. The van der Waals surface area contributed by atoms with Gasteiger partial charge in [-0.1, -0.05) is 11.6 Å². The van der Waals surface area contributed by atoms with Gasteiger partial charge < -0.3 is 14.2 Å². The molecule has 0 aliphatic carbocycles. The van der Waals surface area contributed by atoms with Crippen molar-refractivity contribution in [3.63, 3.8) is 0 Å². The van der Waals surface area contributed by atoms with Crippen molar-refractivity contribution in [1.29, 1.82) is 0 Å². The van der Waals surface area contributed by atoms with E-state index in [1.54, 1.807) is 0 Å². The Morgan fingerprint density at radius 3 is 2.50 bits per heavy atom. The maximum Gasteiger partial charge on any atom is 0.267 e. The monoisotopic (exact) mass is 252 g/mol. The zero-order chi connectivity index (χ0) is 12.1. The summed E-state index contributed by atoms with van der Waals surface area (Å²) in [4.78, 5) is 0. The Kier molecular flexibility index (Phi) is 4.76. The molecule has 0 heterocycles. The molecule has 90 valence electrons. The van der Waals surface area contributed by atoms with Crippen LogP contribution >= 0.6 is 11.6 Å². The molecule has 0 aromatic heterocycles. The number of benzene rings is 1. The molecule has 16 heavy (non-hydrogen) atoms. The van der Waals surface area contributed by atoms with Crippen LogP contribution in [0, 0.1) is 0 Å². The van der Waals surface area contributed by atoms with E-state index < -0.39 is 6.43 Å². The van der Waals surface area contributed by atoms with Crippen LogP contribution < -0.4 is 9.47 Å². The van der Waals surface area contributed by atoms with Gasteiger partial charge in [0.15, 0.2) is 18.3 Å². The van der Waals surface area contributed by atoms with Crippen molar-refractivity contribution in [1.82, 2.24) is 0 Å². The van der Waals surface area contributed by atoms with Crippen molar-refractivity contribution < 1.29 is 23.0 Å². The van der Waals surface area contributed by atoms with Crippen molar-refractivity contribution in [2.24, 2.45) is 0 Å². The topological polar surface area (TPSA) is 27.7 Å². The number of ether oxygens (including phenoxy) is 3. The summed E-state index contributed by atoms with van der Waals surface area (Å²) in [7, 11) is 2.74. The highest BCUT2D eigenvalue weighted by Crippen LogP contribution is 2.39. The number of hydrogen-bond acceptors (Lipinski definition) is 3.